The first kappa shape index (κ1) is 21.3. The third-order valence-electron chi connectivity index (χ3n) is 4.03. The molecule has 0 aromatic heterocycles. The molecular weight excluding hydrogens is 366 g/mol. The fraction of sp³-hybridized carbons (Fsp3) is 0.174. The van der Waals surface area contributed by atoms with Crippen LogP contribution < -0.4 is 14.8 Å². The van der Waals surface area contributed by atoms with Gasteiger partial charge in [-0.25, -0.2) is 0 Å². The van der Waals surface area contributed by atoms with E-state index < -0.39 is 5.91 Å². The second-order valence-electron chi connectivity index (χ2n) is 6.01. The molecule has 0 spiro atoms. The maximum absolute atomic E-state index is 12.4. The number of carbonyl (C=O) groups excluding carboxylic acids is 1. The lowest BCUT2D eigenvalue weighted by Gasteiger charge is -2.09. The first-order chi connectivity index (χ1) is 14.1. The number of ether oxygens (including phenoxy) is 2. The van der Waals surface area contributed by atoms with Gasteiger partial charge in [-0.1, -0.05) is 24.3 Å². The molecule has 0 unspecified atom stereocenters. The molecule has 6 nitrogen and oxygen atoms in total. The highest BCUT2D eigenvalue weighted by atomic mass is 16.5. The summed E-state index contributed by atoms with van der Waals surface area (Å²) in [7, 11) is 1.59. The Morgan fingerprint density at radius 2 is 1.97 bits per heavy atom. The molecule has 146 valence electrons. The maximum Gasteiger partial charge on any atom is 0.262 e. The van der Waals surface area contributed by atoms with E-state index in [1.54, 1.807) is 37.5 Å². The van der Waals surface area contributed by atoms with E-state index in [1.165, 1.54) is 6.08 Å². The Bertz CT molecular complexity index is 980. The van der Waals surface area contributed by atoms with E-state index in [0.717, 1.165) is 16.9 Å². The summed E-state index contributed by atoms with van der Waals surface area (Å²) in [5.41, 5.74) is 2.39. The van der Waals surface area contributed by atoms with Crippen LogP contribution in [0.2, 0.25) is 0 Å². The van der Waals surface area contributed by atoms with Gasteiger partial charge in [0.15, 0.2) is 6.61 Å². The quantitative estimate of drug-likeness (QED) is 0.403. The molecule has 0 aliphatic rings. The van der Waals surface area contributed by atoms with Gasteiger partial charge >= 0.3 is 0 Å². The molecule has 2 aromatic rings. The zero-order valence-corrected chi connectivity index (χ0v) is 16.1. The van der Waals surface area contributed by atoms with Crippen molar-refractivity contribution in [2.45, 2.75) is 13.0 Å². The van der Waals surface area contributed by atoms with Crippen LogP contribution in [0.1, 0.15) is 16.7 Å². The van der Waals surface area contributed by atoms with Crippen molar-refractivity contribution < 1.29 is 14.3 Å². The Morgan fingerprint density at radius 1 is 1.21 bits per heavy atom. The molecule has 1 N–H and O–H groups in total. The minimum Gasteiger partial charge on any atom is -0.497 e. The van der Waals surface area contributed by atoms with Crippen LogP contribution in [0.4, 0.5) is 0 Å². The van der Waals surface area contributed by atoms with E-state index in [4.69, 9.17) is 14.7 Å². The Hall–Kier alpha value is -4.03. The predicted octanol–water partition coefficient (Wildman–Crippen LogP) is 3.55. The van der Waals surface area contributed by atoms with E-state index in [9.17, 15) is 10.1 Å². The molecule has 6 heteroatoms. The number of nitrogens with one attached hydrogen (secondary N) is 1. The van der Waals surface area contributed by atoms with Crippen LogP contribution >= 0.6 is 0 Å². The van der Waals surface area contributed by atoms with Crippen molar-refractivity contribution in [1.29, 1.82) is 10.5 Å². The molecule has 1 amide bonds. The highest BCUT2D eigenvalue weighted by Crippen LogP contribution is 2.22. The zero-order valence-electron chi connectivity index (χ0n) is 16.1. The standard InChI is InChI=1S/C23H21N3O3/c1-3-4-19-13-18(7-10-22(19)29-12-11-24)14-20(15-25)23(27)26-16-17-5-8-21(28-2)9-6-17/h3,5-10,13-14H,1,4,12,16H2,2H3,(H,26,27)/b20-14-. The van der Waals surface area contributed by atoms with Crippen LogP contribution in [0.3, 0.4) is 0 Å². The molecule has 0 atom stereocenters. The summed E-state index contributed by atoms with van der Waals surface area (Å²) in [6.07, 6.45) is 3.77. The molecule has 0 saturated carbocycles. The van der Waals surface area contributed by atoms with E-state index in [-0.39, 0.29) is 12.2 Å². The van der Waals surface area contributed by atoms with Gasteiger partial charge in [0.25, 0.3) is 5.91 Å². The summed E-state index contributed by atoms with van der Waals surface area (Å²) >= 11 is 0. The maximum atomic E-state index is 12.4. The predicted molar refractivity (Wildman–Crippen MR) is 110 cm³/mol. The summed E-state index contributed by atoms with van der Waals surface area (Å²) in [4.78, 5) is 12.4. The van der Waals surface area contributed by atoms with Gasteiger partial charge in [0, 0.05) is 6.54 Å². The number of hydrogen-bond acceptors (Lipinski definition) is 5. The SMILES string of the molecule is C=CCc1cc(/C=C(/C#N)C(=O)NCc2ccc(OC)cc2)ccc1OCC#N. The fourth-order valence-electron chi connectivity index (χ4n) is 2.59. The van der Waals surface area contributed by atoms with Gasteiger partial charge in [-0.15, -0.1) is 6.58 Å². The fourth-order valence-corrected chi connectivity index (χ4v) is 2.59. The van der Waals surface area contributed by atoms with Crippen LogP contribution in [0, 0.1) is 22.7 Å². The van der Waals surface area contributed by atoms with Crippen LogP contribution in [-0.4, -0.2) is 19.6 Å². The Morgan fingerprint density at radius 3 is 2.59 bits per heavy atom. The molecule has 0 bridgehead atoms. The number of nitrogens with zero attached hydrogens (tertiary/aromatic N) is 2. The molecule has 0 aliphatic carbocycles. The second kappa shape index (κ2) is 11.0. The van der Waals surface area contributed by atoms with Crippen molar-refractivity contribution in [2.75, 3.05) is 13.7 Å². The largest absolute Gasteiger partial charge is 0.497 e. The first-order valence-electron chi connectivity index (χ1n) is 8.87. The molecule has 2 aromatic carbocycles. The molecule has 0 fully saturated rings. The lowest BCUT2D eigenvalue weighted by atomic mass is 10.0. The third-order valence-corrected chi connectivity index (χ3v) is 4.03. The van der Waals surface area contributed by atoms with Gasteiger partial charge in [0.05, 0.1) is 7.11 Å². The average Bonchev–Trinajstić information content (AvgIpc) is 2.75. The average molecular weight is 387 g/mol. The molecule has 0 radical (unpaired) electrons. The summed E-state index contributed by atoms with van der Waals surface area (Å²) in [5, 5.41) is 20.8. The van der Waals surface area contributed by atoms with E-state index in [1.807, 2.05) is 30.3 Å². The normalized spacial score (nSPS) is 10.4. The van der Waals surface area contributed by atoms with Crippen molar-refractivity contribution in [3.05, 3.63) is 77.4 Å². The van der Waals surface area contributed by atoms with E-state index in [2.05, 4.69) is 11.9 Å². The van der Waals surface area contributed by atoms with Gasteiger partial charge in [-0.2, -0.15) is 10.5 Å². The molecule has 0 aliphatic heterocycles. The van der Waals surface area contributed by atoms with Crippen LogP contribution in [0.25, 0.3) is 6.08 Å². The lowest BCUT2D eigenvalue weighted by molar-refractivity contribution is -0.117. The van der Waals surface area contributed by atoms with Crippen molar-refractivity contribution in [3.8, 4) is 23.6 Å². The van der Waals surface area contributed by atoms with Crippen LogP contribution in [-0.2, 0) is 17.8 Å². The van der Waals surface area contributed by atoms with Crippen molar-refractivity contribution >= 4 is 12.0 Å². The zero-order chi connectivity index (χ0) is 21.1. The van der Waals surface area contributed by atoms with Crippen molar-refractivity contribution in [1.82, 2.24) is 5.32 Å². The third kappa shape index (κ3) is 6.27. The Labute approximate surface area is 170 Å². The monoisotopic (exact) mass is 387 g/mol. The smallest absolute Gasteiger partial charge is 0.262 e. The van der Waals surface area contributed by atoms with E-state index in [0.29, 0.717) is 24.3 Å². The number of carbonyl (C=O) groups is 1. The first-order valence-corrected chi connectivity index (χ1v) is 8.87. The highest BCUT2D eigenvalue weighted by Gasteiger charge is 2.10. The molecule has 0 heterocycles. The second-order valence-corrected chi connectivity index (χ2v) is 6.01. The van der Waals surface area contributed by atoms with Crippen molar-refractivity contribution in [2.24, 2.45) is 0 Å². The molecular formula is C23H21N3O3. The van der Waals surface area contributed by atoms with Gasteiger partial charge in [0.1, 0.15) is 29.2 Å². The summed E-state index contributed by atoms with van der Waals surface area (Å²) in [6, 6.07) is 16.4. The number of nitriles is 2. The molecule has 2 rings (SSSR count). The highest BCUT2D eigenvalue weighted by molar-refractivity contribution is 6.01. The topological polar surface area (TPSA) is 95.1 Å². The minimum atomic E-state index is -0.460. The molecule has 0 saturated heterocycles. The Balaban J connectivity index is 2.13. The van der Waals surface area contributed by atoms with Gasteiger partial charge in [-0.05, 0) is 53.5 Å². The minimum absolute atomic E-state index is 0.00578. The van der Waals surface area contributed by atoms with Gasteiger partial charge < -0.3 is 14.8 Å². The van der Waals surface area contributed by atoms with Crippen LogP contribution in [0.5, 0.6) is 11.5 Å². The van der Waals surface area contributed by atoms with Crippen molar-refractivity contribution in [3.63, 3.8) is 0 Å². The number of methoxy groups -OCH3 is 1. The summed E-state index contributed by atoms with van der Waals surface area (Å²) in [5.74, 6) is 0.847. The number of rotatable bonds is 9. The summed E-state index contributed by atoms with van der Waals surface area (Å²) in [6.45, 7) is 3.95. The van der Waals surface area contributed by atoms with Gasteiger partial charge in [0.2, 0.25) is 0 Å². The number of allylic oxidation sites excluding steroid dienone is 1. The summed E-state index contributed by atoms with van der Waals surface area (Å²) < 4.78 is 10.5. The number of amides is 1. The lowest BCUT2D eigenvalue weighted by Crippen LogP contribution is -2.23. The number of hydrogen-bond donors (Lipinski definition) is 1. The van der Waals surface area contributed by atoms with E-state index >= 15 is 0 Å². The van der Waals surface area contributed by atoms with Gasteiger partial charge in [-0.3, -0.25) is 4.79 Å². The number of benzene rings is 2. The molecule has 29 heavy (non-hydrogen) atoms. The van der Waals surface area contributed by atoms with Crippen LogP contribution in [0.15, 0.2) is 60.7 Å². The Kier molecular flexibility index (Phi) is 8.04.